The van der Waals surface area contributed by atoms with E-state index in [1.165, 1.54) is 12.5 Å². The lowest BCUT2D eigenvalue weighted by Gasteiger charge is -2.33. The number of hydrogen-bond acceptors (Lipinski definition) is 5. The van der Waals surface area contributed by atoms with Crippen molar-refractivity contribution in [3.8, 4) is 5.75 Å². The minimum atomic E-state index is -0.441. The summed E-state index contributed by atoms with van der Waals surface area (Å²) in [6.45, 7) is 3.88. The van der Waals surface area contributed by atoms with Crippen molar-refractivity contribution in [2.75, 3.05) is 26.7 Å². The fourth-order valence-electron chi connectivity index (χ4n) is 4.93. The summed E-state index contributed by atoms with van der Waals surface area (Å²) in [7, 11) is 1.62. The maximum Gasteiger partial charge on any atom is 0.257 e. The van der Waals surface area contributed by atoms with Gasteiger partial charge in [0.25, 0.3) is 5.91 Å². The lowest BCUT2D eigenvalue weighted by atomic mass is 9.91. The highest BCUT2D eigenvalue weighted by atomic mass is 16.5. The number of ether oxygens (including phenoxy) is 1. The van der Waals surface area contributed by atoms with Crippen LogP contribution >= 0.6 is 0 Å². The Morgan fingerprint density at radius 3 is 2.50 bits per heavy atom. The van der Waals surface area contributed by atoms with E-state index in [1.54, 1.807) is 18.1 Å². The third kappa shape index (κ3) is 5.11. The molecule has 0 bridgehead atoms. The maximum absolute atomic E-state index is 13.4. The molecule has 1 N–H and O–H groups in total. The number of hydrogen-bond donors (Lipinski definition) is 1. The van der Waals surface area contributed by atoms with E-state index in [9.17, 15) is 14.4 Å². The first kappa shape index (κ1) is 23.9. The van der Waals surface area contributed by atoms with Crippen LogP contribution in [-0.2, 0) is 9.59 Å². The monoisotopic (exact) mass is 467 g/mol. The summed E-state index contributed by atoms with van der Waals surface area (Å²) in [4.78, 5) is 42.5. The molecule has 1 aromatic carbocycles. The highest BCUT2D eigenvalue weighted by Gasteiger charge is 2.44. The van der Waals surface area contributed by atoms with Crippen molar-refractivity contribution in [1.82, 2.24) is 15.1 Å². The minimum Gasteiger partial charge on any atom is -0.497 e. The molecule has 2 fully saturated rings. The van der Waals surface area contributed by atoms with E-state index in [0.29, 0.717) is 38.0 Å². The smallest absolute Gasteiger partial charge is 0.257 e. The molecular formula is C26H33N3O5. The first-order valence-electron chi connectivity index (χ1n) is 12.1. The van der Waals surface area contributed by atoms with E-state index >= 15 is 0 Å². The van der Waals surface area contributed by atoms with Crippen LogP contribution in [0.2, 0.25) is 0 Å². The first-order valence-corrected chi connectivity index (χ1v) is 12.1. The molecule has 2 aromatic rings. The normalized spacial score (nSPS) is 21.1. The lowest BCUT2D eigenvalue weighted by molar-refractivity contribution is -0.129. The molecule has 0 unspecified atom stereocenters. The van der Waals surface area contributed by atoms with Gasteiger partial charge >= 0.3 is 0 Å². The van der Waals surface area contributed by atoms with E-state index in [4.69, 9.17) is 9.15 Å². The summed E-state index contributed by atoms with van der Waals surface area (Å²) in [5, 5.41) is 3.18. The zero-order valence-corrected chi connectivity index (χ0v) is 19.9. The first-order chi connectivity index (χ1) is 16.5. The number of methoxy groups -OCH3 is 1. The summed E-state index contributed by atoms with van der Waals surface area (Å²) in [5.41, 5.74) is 1.49. The second-order valence-electron chi connectivity index (χ2n) is 9.06. The Balaban J connectivity index is 1.42. The molecule has 8 nitrogen and oxygen atoms in total. The predicted molar refractivity (Wildman–Crippen MR) is 126 cm³/mol. The van der Waals surface area contributed by atoms with Gasteiger partial charge in [0.05, 0.1) is 30.9 Å². The number of carbonyl (C=O) groups is 3. The van der Waals surface area contributed by atoms with Gasteiger partial charge in [-0.1, -0.05) is 25.5 Å². The van der Waals surface area contributed by atoms with E-state index < -0.39 is 5.92 Å². The van der Waals surface area contributed by atoms with Crippen molar-refractivity contribution < 1.29 is 23.5 Å². The van der Waals surface area contributed by atoms with Gasteiger partial charge in [0.1, 0.15) is 12.0 Å². The van der Waals surface area contributed by atoms with Gasteiger partial charge in [-0.05, 0) is 43.0 Å². The Hall–Kier alpha value is -3.29. The fourth-order valence-corrected chi connectivity index (χ4v) is 4.93. The van der Waals surface area contributed by atoms with Gasteiger partial charge < -0.3 is 24.3 Å². The zero-order chi connectivity index (χ0) is 24.1. The number of amides is 3. The number of benzene rings is 1. The molecular weight excluding hydrogens is 434 g/mol. The molecule has 2 aliphatic rings. The van der Waals surface area contributed by atoms with E-state index in [1.807, 2.05) is 29.2 Å². The second kappa shape index (κ2) is 10.8. The Morgan fingerprint density at radius 1 is 1.15 bits per heavy atom. The van der Waals surface area contributed by atoms with Crippen LogP contribution in [0.25, 0.3) is 0 Å². The Labute approximate surface area is 200 Å². The topological polar surface area (TPSA) is 92.1 Å². The maximum atomic E-state index is 13.4. The summed E-state index contributed by atoms with van der Waals surface area (Å²) < 4.78 is 10.3. The molecule has 1 aromatic heterocycles. The molecule has 0 aliphatic carbocycles. The number of piperidine rings is 1. The molecule has 2 saturated heterocycles. The van der Waals surface area contributed by atoms with Crippen LogP contribution in [0.15, 0.2) is 47.3 Å². The van der Waals surface area contributed by atoms with Crippen molar-refractivity contribution in [2.45, 2.75) is 51.1 Å². The number of furan rings is 1. The quantitative estimate of drug-likeness (QED) is 0.643. The number of carbonyl (C=O) groups excluding carboxylic acids is 3. The van der Waals surface area contributed by atoms with Crippen molar-refractivity contribution in [1.29, 1.82) is 0 Å². The highest BCUT2D eigenvalue weighted by molar-refractivity contribution is 5.94. The fraction of sp³-hybridized carbons (Fsp3) is 0.500. The average molecular weight is 468 g/mol. The van der Waals surface area contributed by atoms with Crippen LogP contribution in [0.5, 0.6) is 5.75 Å². The van der Waals surface area contributed by atoms with Gasteiger partial charge in [-0.15, -0.1) is 0 Å². The van der Waals surface area contributed by atoms with Crippen LogP contribution in [-0.4, -0.2) is 60.3 Å². The number of likely N-dealkylation sites (tertiary alicyclic amines) is 2. The van der Waals surface area contributed by atoms with Crippen LogP contribution < -0.4 is 10.1 Å². The molecule has 4 rings (SSSR count). The molecule has 34 heavy (non-hydrogen) atoms. The number of nitrogens with zero attached hydrogens (tertiary/aromatic N) is 2. The molecule has 3 amide bonds. The SMILES string of the molecule is CCCCN1C(=O)C[C@H](C(=O)NC2CCN(C(=O)c3ccoc3)CC2)[C@H]1c1ccc(OC)cc1. The van der Waals surface area contributed by atoms with Crippen LogP contribution in [0.4, 0.5) is 0 Å². The summed E-state index contributed by atoms with van der Waals surface area (Å²) in [5.74, 6) is 0.183. The molecule has 0 spiro atoms. The molecule has 2 aliphatic heterocycles. The molecule has 3 heterocycles. The van der Waals surface area contributed by atoms with Crippen LogP contribution in [0, 0.1) is 5.92 Å². The summed E-state index contributed by atoms with van der Waals surface area (Å²) in [6.07, 6.45) is 6.40. The van der Waals surface area contributed by atoms with Gasteiger partial charge in [0, 0.05) is 32.1 Å². The van der Waals surface area contributed by atoms with Gasteiger partial charge in [0.15, 0.2) is 0 Å². The largest absolute Gasteiger partial charge is 0.497 e. The minimum absolute atomic E-state index is 0.0165. The Kier molecular flexibility index (Phi) is 7.55. The Morgan fingerprint density at radius 2 is 1.88 bits per heavy atom. The zero-order valence-electron chi connectivity index (χ0n) is 19.9. The number of rotatable bonds is 8. The van der Waals surface area contributed by atoms with Crippen molar-refractivity contribution >= 4 is 17.7 Å². The summed E-state index contributed by atoms with van der Waals surface area (Å²) in [6, 6.07) is 9.00. The average Bonchev–Trinajstić information content (AvgIpc) is 3.51. The van der Waals surface area contributed by atoms with Crippen molar-refractivity contribution in [3.63, 3.8) is 0 Å². The molecule has 182 valence electrons. The lowest BCUT2D eigenvalue weighted by Crippen LogP contribution is -2.48. The standard InChI is InChI=1S/C26H33N3O5/c1-3-4-12-29-23(30)16-22(24(29)18-5-7-21(33-2)8-6-18)25(31)27-20-9-13-28(14-10-20)26(32)19-11-15-34-17-19/h5-8,11,15,17,20,22,24H,3-4,9-10,12-14,16H2,1-2H3,(H,27,31)/t22-,24+/m0/s1. The predicted octanol–water partition coefficient (Wildman–Crippen LogP) is 3.40. The number of nitrogens with one attached hydrogen (secondary N) is 1. The van der Waals surface area contributed by atoms with Crippen LogP contribution in [0.3, 0.4) is 0 Å². The highest BCUT2D eigenvalue weighted by Crippen LogP contribution is 2.39. The summed E-state index contributed by atoms with van der Waals surface area (Å²) >= 11 is 0. The molecule has 2 atom stereocenters. The third-order valence-electron chi connectivity index (χ3n) is 6.88. The second-order valence-corrected chi connectivity index (χ2v) is 9.06. The molecule has 0 saturated carbocycles. The molecule has 8 heteroatoms. The van der Waals surface area contributed by atoms with E-state index in [2.05, 4.69) is 12.2 Å². The van der Waals surface area contributed by atoms with Gasteiger partial charge in [-0.2, -0.15) is 0 Å². The van der Waals surface area contributed by atoms with Gasteiger partial charge in [0.2, 0.25) is 11.8 Å². The van der Waals surface area contributed by atoms with Gasteiger partial charge in [-0.25, -0.2) is 0 Å². The Bertz CT molecular complexity index is 980. The van der Waals surface area contributed by atoms with Crippen molar-refractivity contribution in [2.24, 2.45) is 5.92 Å². The third-order valence-corrected chi connectivity index (χ3v) is 6.88. The van der Waals surface area contributed by atoms with E-state index in [-0.39, 0.29) is 36.2 Å². The van der Waals surface area contributed by atoms with Crippen LogP contribution in [0.1, 0.15) is 61.0 Å². The molecule has 0 radical (unpaired) electrons. The van der Waals surface area contributed by atoms with Crippen molar-refractivity contribution in [3.05, 3.63) is 54.0 Å². The van der Waals surface area contributed by atoms with E-state index in [0.717, 1.165) is 24.2 Å². The van der Waals surface area contributed by atoms with Gasteiger partial charge in [-0.3, -0.25) is 14.4 Å². The number of unbranched alkanes of at least 4 members (excludes halogenated alkanes) is 1.